The van der Waals surface area contributed by atoms with Crippen molar-refractivity contribution in [3.05, 3.63) is 53.2 Å². The predicted molar refractivity (Wildman–Crippen MR) is 147 cm³/mol. The fraction of sp³-hybridized carbons (Fsp3) is 0.280. The standard InChI is InChI=1S/C25H29FN10O6/c1-12-7-20(33-35(12)4)28-19-11-16(21(31-30-19)23(37)29-25(39,40)41)27-17-9-13(26)8-14(22(17)42-6)15-10-18(36(5)32-15)24(38)34(2)3/h7-11,39-41H,1-6H3,(H,29,37)(H2,27,28,30,33). The van der Waals surface area contributed by atoms with Crippen molar-refractivity contribution in [2.45, 2.75) is 13.0 Å². The Bertz CT molecular complexity index is 1640. The SMILES string of the molecule is COc1c(Nc2cc(Nc3cc(C)n(C)n3)nnc2C(=O)NC(O)(O)O)cc(F)cc1-c1cc(C(=O)N(C)C)n(C)n1. The third kappa shape index (κ3) is 6.43. The molecule has 17 heteroatoms. The number of ether oxygens (including phenoxy) is 1. The summed E-state index contributed by atoms with van der Waals surface area (Å²) in [6, 6.07) is 6.80. The van der Waals surface area contributed by atoms with E-state index in [0.717, 1.165) is 11.8 Å². The maximum atomic E-state index is 15.0. The number of hydrogen-bond donors (Lipinski definition) is 6. The van der Waals surface area contributed by atoms with Gasteiger partial charge in [0.15, 0.2) is 23.1 Å². The van der Waals surface area contributed by atoms with E-state index in [1.54, 1.807) is 44.3 Å². The lowest BCUT2D eigenvalue weighted by Gasteiger charge is -2.18. The lowest BCUT2D eigenvalue weighted by molar-refractivity contribution is -0.323. The monoisotopic (exact) mass is 584 g/mol. The molecular weight excluding hydrogens is 555 g/mol. The van der Waals surface area contributed by atoms with Gasteiger partial charge in [0.05, 0.1) is 24.2 Å². The van der Waals surface area contributed by atoms with Gasteiger partial charge in [-0.25, -0.2) is 4.39 Å². The molecule has 0 spiro atoms. The van der Waals surface area contributed by atoms with Gasteiger partial charge >= 0.3 is 6.10 Å². The summed E-state index contributed by atoms with van der Waals surface area (Å²) < 4.78 is 23.5. The molecular formula is C25H29FN10O6. The number of benzene rings is 1. The number of carbonyl (C=O) groups excluding carboxylic acids is 2. The highest BCUT2D eigenvalue weighted by molar-refractivity contribution is 5.99. The topological polar surface area (TPSA) is 205 Å². The normalized spacial score (nSPS) is 11.3. The van der Waals surface area contributed by atoms with Crippen LogP contribution in [0.4, 0.5) is 27.4 Å². The summed E-state index contributed by atoms with van der Waals surface area (Å²) >= 11 is 0. The number of aryl methyl sites for hydroxylation is 3. The second-order valence-electron chi connectivity index (χ2n) is 9.40. The van der Waals surface area contributed by atoms with Gasteiger partial charge in [0, 0.05) is 57.6 Å². The van der Waals surface area contributed by atoms with E-state index in [-0.39, 0.29) is 45.8 Å². The molecule has 3 aromatic heterocycles. The zero-order valence-corrected chi connectivity index (χ0v) is 23.5. The summed E-state index contributed by atoms with van der Waals surface area (Å²) in [6.07, 6.45) is -3.55. The molecule has 0 radical (unpaired) electrons. The Kier molecular flexibility index (Phi) is 8.10. The number of aromatic nitrogens is 6. The average Bonchev–Trinajstić information content (AvgIpc) is 3.42. The molecule has 0 fully saturated rings. The third-order valence-electron chi connectivity index (χ3n) is 5.97. The summed E-state index contributed by atoms with van der Waals surface area (Å²) in [7, 11) is 7.82. The fourth-order valence-electron chi connectivity index (χ4n) is 3.95. The number of halogens is 1. The van der Waals surface area contributed by atoms with Gasteiger partial charge in [-0.3, -0.25) is 24.3 Å². The van der Waals surface area contributed by atoms with E-state index in [1.165, 1.54) is 34.9 Å². The Hall–Kier alpha value is -5.13. The molecule has 0 saturated carbocycles. The van der Waals surface area contributed by atoms with Gasteiger partial charge in [0.1, 0.15) is 11.5 Å². The van der Waals surface area contributed by atoms with Crippen molar-refractivity contribution in [2.75, 3.05) is 31.8 Å². The van der Waals surface area contributed by atoms with Gasteiger partial charge in [0.2, 0.25) is 0 Å². The van der Waals surface area contributed by atoms with Crippen LogP contribution in [-0.4, -0.2) is 89.1 Å². The molecule has 16 nitrogen and oxygen atoms in total. The summed E-state index contributed by atoms with van der Waals surface area (Å²) in [5, 5.41) is 51.5. The molecule has 4 rings (SSSR count). The van der Waals surface area contributed by atoms with Gasteiger partial charge in [0.25, 0.3) is 11.8 Å². The van der Waals surface area contributed by atoms with Crippen LogP contribution in [0.2, 0.25) is 0 Å². The van der Waals surface area contributed by atoms with Crippen molar-refractivity contribution < 1.29 is 34.0 Å². The number of aliphatic hydroxyl groups is 3. The highest BCUT2D eigenvalue weighted by Crippen LogP contribution is 2.39. The zero-order valence-electron chi connectivity index (χ0n) is 23.5. The van der Waals surface area contributed by atoms with Crippen LogP contribution in [0.1, 0.15) is 26.7 Å². The fourth-order valence-corrected chi connectivity index (χ4v) is 3.95. The van der Waals surface area contributed by atoms with Crippen molar-refractivity contribution >= 4 is 34.8 Å². The number of carbonyl (C=O) groups is 2. The van der Waals surface area contributed by atoms with Crippen LogP contribution in [-0.2, 0) is 14.1 Å². The molecule has 6 N–H and O–H groups in total. The molecule has 3 heterocycles. The van der Waals surface area contributed by atoms with E-state index < -0.39 is 23.5 Å². The van der Waals surface area contributed by atoms with Crippen LogP contribution in [0, 0.1) is 12.7 Å². The number of nitrogens with zero attached hydrogens (tertiary/aromatic N) is 7. The minimum Gasteiger partial charge on any atom is -0.494 e. The Morgan fingerprint density at radius 3 is 2.26 bits per heavy atom. The first-order valence-electron chi connectivity index (χ1n) is 12.2. The smallest absolute Gasteiger partial charge is 0.369 e. The maximum Gasteiger partial charge on any atom is 0.369 e. The van der Waals surface area contributed by atoms with Crippen LogP contribution >= 0.6 is 0 Å². The van der Waals surface area contributed by atoms with Crippen molar-refractivity contribution in [3.8, 4) is 17.0 Å². The molecule has 2 amide bonds. The number of amides is 2. The molecule has 42 heavy (non-hydrogen) atoms. The Morgan fingerprint density at radius 1 is 0.952 bits per heavy atom. The number of methoxy groups -OCH3 is 1. The molecule has 0 aliphatic heterocycles. The molecule has 0 aliphatic rings. The van der Waals surface area contributed by atoms with Gasteiger partial charge in [-0.1, -0.05) is 0 Å². The number of rotatable bonds is 9. The van der Waals surface area contributed by atoms with Crippen LogP contribution in [0.15, 0.2) is 30.3 Å². The minimum atomic E-state index is -3.55. The van der Waals surface area contributed by atoms with E-state index in [4.69, 9.17) is 4.74 Å². The minimum absolute atomic E-state index is 0.0172. The molecule has 4 aromatic rings. The number of hydrogen-bond acceptors (Lipinski definition) is 12. The lowest BCUT2D eigenvalue weighted by atomic mass is 10.1. The first kappa shape index (κ1) is 29.8. The highest BCUT2D eigenvalue weighted by Gasteiger charge is 2.27. The summed E-state index contributed by atoms with van der Waals surface area (Å²) in [4.78, 5) is 26.7. The predicted octanol–water partition coefficient (Wildman–Crippen LogP) is 0.574. The Morgan fingerprint density at radius 2 is 1.67 bits per heavy atom. The largest absolute Gasteiger partial charge is 0.494 e. The van der Waals surface area contributed by atoms with Crippen LogP contribution in [0.25, 0.3) is 11.3 Å². The molecule has 0 atom stereocenters. The Labute approximate surface area is 238 Å². The maximum absolute atomic E-state index is 15.0. The molecule has 0 bridgehead atoms. The average molecular weight is 585 g/mol. The van der Waals surface area contributed by atoms with Gasteiger partial charge in [-0.05, 0) is 19.1 Å². The van der Waals surface area contributed by atoms with Crippen molar-refractivity contribution in [3.63, 3.8) is 0 Å². The second-order valence-corrected chi connectivity index (χ2v) is 9.40. The molecule has 0 aliphatic carbocycles. The van der Waals surface area contributed by atoms with E-state index in [9.17, 15) is 29.3 Å². The van der Waals surface area contributed by atoms with E-state index >= 15 is 0 Å². The molecule has 0 unspecified atom stereocenters. The lowest BCUT2D eigenvalue weighted by Crippen LogP contribution is -2.48. The van der Waals surface area contributed by atoms with Crippen LogP contribution < -0.4 is 20.7 Å². The number of anilines is 4. The Balaban J connectivity index is 1.80. The van der Waals surface area contributed by atoms with Gasteiger partial charge in [-0.15, -0.1) is 10.2 Å². The van der Waals surface area contributed by atoms with Crippen molar-refractivity contribution in [2.24, 2.45) is 14.1 Å². The number of nitrogens with one attached hydrogen (secondary N) is 3. The van der Waals surface area contributed by atoms with Crippen LogP contribution in [0.5, 0.6) is 5.75 Å². The summed E-state index contributed by atoms with van der Waals surface area (Å²) in [5.41, 5.74) is 0.921. The first-order valence-corrected chi connectivity index (χ1v) is 12.2. The third-order valence-corrected chi connectivity index (χ3v) is 5.97. The molecule has 1 aromatic carbocycles. The first-order chi connectivity index (χ1) is 19.7. The summed E-state index contributed by atoms with van der Waals surface area (Å²) in [6.45, 7) is 1.84. The van der Waals surface area contributed by atoms with Crippen LogP contribution in [0.3, 0.4) is 0 Å². The molecule has 222 valence electrons. The quantitative estimate of drug-likeness (QED) is 0.149. The van der Waals surface area contributed by atoms with E-state index in [2.05, 4.69) is 31.0 Å². The highest BCUT2D eigenvalue weighted by atomic mass is 19.1. The van der Waals surface area contributed by atoms with E-state index in [1.807, 2.05) is 6.92 Å². The summed E-state index contributed by atoms with van der Waals surface area (Å²) in [5.74, 6) is -1.64. The zero-order chi connectivity index (χ0) is 30.9. The van der Waals surface area contributed by atoms with Gasteiger partial charge < -0.3 is 35.6 Å². The molecule has 0 saturated heterocycles. The van der Waals surface area contributed by atoms with Gasteiger partial charge in [-0.2, -0.15) is 10.2 Å². The second kappa shape index (κ2) is 11.4. The van der Waals surface area contributed by atoms with Crippen molar-refractivity contribution in [1.29, 1.82) is 0 Å². The van der Waals surface area contributed by atoms with Crippen molar-refractivity contribution in [1.82, 2.24) is 40.0 Å². The van der Waals surface area contributed by atoms with E-state index in [0.29, 0.717) is 5.82 Å².